The maximum atomic E-state index is 12.2. The molecule has 86 valence electrons. The molecule has 0 unspecified atom stereocenters. The summed E-state index contributed by atoms with van der Waals surface area (Å²) >= 11 is 2.96. The highest BCUT2D eigenvalue weighted by Gasteiger charge is 2.26. The van der Waals surface area contributed by atoms with Crippen LogP contribution in [0.5, 0.6) is 0 Å². The molecule has 1 aromatic carbocycles. The maximum absolute atomic E-state index is 12.2. The Labute approximate surface area is 108 Å². The molecule has 0 fully saturated rings. The van der Waals surface area contributed by atoms with Crippen LogP contribution in [0, 0.1) is 11.3 Å². The molecule has 1 heterocycles. The summed E-state index contributed by atoms with van der Waals surface area (Å²) in [4.78, 5) is 14.5. The Morgan fingerprint density at radius 2 is 2.12 bits per heavy atom. The van der Waals surface area contributed by atoms with Crippen molar-refractivity contribution in [3.63, 3.8) is 0 Å². The molecule has 1 aromatic rings. The highest BCUT2D eigenvalue weighted by Crippen LogP contribution is 2.41. The van der Waals surface area contributed by atoms with E-state index in [9.17, 15) is 4.79 Å². The molecule has 1 aliphatic heterocycles. The van der Waals surface area contributed by atoms with Crippen molar-refractivity contribution in [1.29, 1.82) is 5.26 Å². The number of hydrogen-bond acceptors (Lipinski definition) is 4. The molecule has 0 N–H and O–H groups in total. The molecular weight excluding hydrogens is 252 g/mol. The van der Waals surface area contributed by atoms with Gasteiger partial charge >= 0.3 is 0 Å². The van der Waals surface area contributed by atoms with Crippen LogP contribution in [0.2, 0.25) is 0 Å². The molecule has 1 amide bonds. The lowest BCUT2D eigenvalue weighted by Crippen LogP contribution is -2.25. The Balaban J connectivity index is 2.61. The summed E-state index contributed by atoms with van der Waals surface area (Å²) in [6, 6.07) is 9.53. The highest BCUT2D eigenvalue weighted by molar-refractivity contribution is 8.22. The summed E-state index contributed by atoms with van der Waals surface area (Å²) in [7, 11) is 1.64. The monoisotopic (exact) mass is 262 g/mol. The van der Waals surface area contributed by atoms with Gasteiger partial charge in [-0.2, -0.15) is 5.26 Å². The predicted octanol–water partition coefficient (Wildman–Crippen LogP) is 2.92. The number of benzene rings is 1. The lowest BCUT2D eigenvalue weighted by atomic mass is 10.2. The van der Waals surface area contributed by atoms with Gasteiger partial charge < -0.3 is 4.90 Å². The first-order valence-corrected chi connectivity index (χ1v) is 6.96. The lowest BCUT2D eigenvalue weighted by Gasteiger charge is -2.14. The van der Waals surface area contributed by atoms with E-state index in [0.29, 0.717) is 11.3 Å². The van der Waals surface area contributed by atoms with Gasteiger partial charge in [-0.3, -0.25) is 4.79 Å². The van der Waals surface area contributed by atoms with E-state index in [2.05, 4.69) is 6.07 Å². The zero-order valence-corrected chi connectivity index (χ0v) is 11.1. The van der Waals surface area contributed by atoms with E-state index in [0.717, 1.165) is 9.13 Å². The SMILES string of the molecule is CSC1=C(C#N)N(C)C(=O)c2ccccc2S1. The standard InChI is InChI=1S/C12H10N2OS2/c1-14-9(7-13)12(16-2)17-10-6-4-3-5-8(10)11(14)15/h3-6H,1-2H3. The average Bonchev–Trinajstić information content (AvgIpc) is 2.46. The Hall–Kier alpha value is -1.38. The van der Waals surface area contributed by atoms with Crippen LogP contribution >= 0.6 is 23.5 Å². The first-order valence-electron chi connectivity index (χ1n) is 4.92. The molecular formula is C12H10N2OS2. The third-order valence-corrected chi connectivity index (χ3v) is 4.71. The normalized spacial score (nSPS) is 15.4. The Morgan fingerprint density at radius 3 is 2.76 bits per heavy atom. The summed E-state index contributed by atoms with van der Waals surface area (Å²) in [6.07, 6.45) is 1.91. The quantitative estimate of drug-likeness (QED) is 0.780. The Morgan fingerprint density at radius 1 is 1.41 bits per heavy atom. The number of hydrogen-bond donors (Lipinski definition) is 0. The van der Waals surface area contributed by atoms with Crippen molar-refractivity contribution in [2.24, 2.45) is 0 Å². The van der Waals surface area contributed by atoms with E-state index in [4.69, 9.17) is 5.26 Å². The zero-order valence-electron chi connectivity index (χ0n) is 9.43. The van der Waals surface area contributed by atoms with Crippen molar-refractivity contribution in [3.05, 3.63) is 39.8 Å². The van der Waals surface area contributed by atoms with Crippen molar-refractivity contribution >= 4 is 29.4 Å². The maximum Gasteiger partial charge on any atom is 0.259 e. The Bertz CT molecular complexity index is 546. The number of carbonyl (C=O) groups excluding carboxylic acids is 1. The second-order valence-electron chi connectivity index (χ2n) is 3.41. The van der Waals surface area contributed by atoms with Crippen LogP contribution in [0.1, 0.15) is 10.4 Å². The number of allylic oxidation sites excluding steroid dienone is 1. The Kier molecular flexibility index (Phi) is 3.46. The van der Waals surface area contributed by atoms with Crippen LogP contribution in [-0.2, 0) is 0 Å². The van der Waals surface area contributed by atoms with E-state index in [-0.39, 0.29) is 5.91 Å². The van der Waals surface area contributed by atoms with E-state index in [1.807, 2.05) is 24.5 Å². The lowest BCUT2D eigenvalue weighted by molar-refractivity contribution is 0.0839. The van der Waals surface area contributed by atoms with Gasteiger partial charge in [0.05, 0.1) is 9.80 Å². The average molecular weight is 262 g/mol. The summed E-state index contributed by atoms with van der Waals surface area (Å²) in [5.41, 5.74) is 1.07. The first kappa shape index (κ1) is 12.1. The van der Waals surface area contributed by atoms with Gasteiger partial charge in [0, 0.05) is 11.9 Å². The number of fused-ring (bicyclic) bond motifs is 1. The molecule has 0 spiro atoms. The number of amides is 1. The first-order chi connectivity index (χ1) is 8.19. The van der Waals surface area contributed by atoms with Gasteiger partial charge in [0.2, 0.25) is 0 Å². The minimum atomic E-state index is -0.131. The molecule has 0 radical (unpaired) electrons. The molecule has 0 saturated carbocycles. The molecule has 0 saturated heterocycles. The fourth-order valence-electron chi connectivity index (χ4n) is 1.56. The fourth-order valence-corrected chi connectivity index (χ4v) is 3.43. The van der Waals surface area contributed by atoms with Crippen molar-refractivity contribution in [2.45, 2.75) is 4.90 Å². The second kappa shape index (κ2) is 4.86. The van der Waals surface area contributed by atoms with Gasteiger partial charge in [-0.1, -0.05) is 23.9 Å². The molecule has 0 atom stereocenters. The van der Waals surface area contributed by atoms with Crippen molar-refractivity contribution in [2.75, 3.05) is 13.3 Å². The summed E-state index contributed by atoms with van der Waals surface area (Å²) < 4.78 is 0.855. The molecule has 2 rings (SSSR count). The van der Waals surface area contributed by atoms with Crippen LogP contribution in [0.15, 0.2) is 39.1 Å². The van der Waals surface area contributed by atoms with E-state index in [1.165, 1.54) is 28.4 Å². The smallest absolute Gasteiger partial charge is 0.259 e. The second-order valence-corrected chi connectivity index (χ2v) is 5.54. The number of carbonyl (C=O) groups is 1. The minimum Gasteiger partial charge on any atom is -0.301 e. The van der Waals surface area contributed by atoms with Crippen LogP contribution in [0.3, 0.4) is 0 Å². The summed E-state index contributed by atoms with van der Waals surface area (Å²) in [5.74, 6) is -0.131. The number of nitriles is 1. The molecule has 1 aliphatic rings. The van der Waals surface area contributed by atoms with Crippen molar-refractivity contribution in [1.82, 2.24) is 4.90 Å². The van der Waals surface area contributed by atoms with Crippen LogP contribution in [0.4, 0.5) is 0 Å². The van der Waals surface area contributed by atoms with Crippen molar-refractivity contribution < 1.29 is 4.79 Å². The summed E-state index contributed by atoms with van der Waals surface area (Å²) in [5, 5.41) is 9.16. The zero-order chi connectivity index (χ0) is 12.4. The number of nitrogens with zero attached hydrogens (tertiary/aromatic N) is 2. The molecule has 0 bridgehead atoms. The number of thioether (sulfide) groups is 2. The van der Waals surface area contributed by atoms with Gasteiger partial charge in [0.15, 0.2) is 0 Å². The van der Waals surface area contributed by atoms with Crippen LogP contribution < -0.4 is 0 Å². The third kappa shape index (κ3) is 2.06. The predicted molar refractivity (Wildman–Crippen MR) is 70.5 cm³/mol. The van der Waals surface area contributed by atoms with E-state index >= 15 is 0 Å². The van der Waals surface area contributed by atoms with Gasteiger partial charge in [0.25, 0.3) is 5.91 Å². The topological polar surface area (TPSA) is 44.1 Å². The number of rotatable bonds is 1. The van der Waals surface area contributed by atoms with E-state index < -0.39 is 0 Å². The fraction of sp³-hybridized carbons (Fsp3) is 0.167. The van der Waals surface area contributed by atoms with Crippen LogP contribution in [-0.4, -0.2) is 24.1 Å². The highest BCUT2D eigenvalue weighted by atomic mass is 32.2. The minimum absolute atomic E-state index is 0.131. The molecule has 5 heteroatoms. The largest absolute Gasteiger partial charge is 0.301 e. The molecule has 0 aromatic heterocycles. The third-order valence-electron chi connectivity index (χ3n) is 2.44. The van der Waals surface area contributed by atoms with Gasteiger partial charge in [-0.05, 0) is 18.4 Å². The molecule has 0 aliphatic carbocycles. The van der Waals surface area contributed by atoms with Gasteiger partial charge in [-0.25, -0.2) is 0 Å². The van der Waals surface area contributed by atoms with E-state index in [1.54, 1.807) is 13.1 Å². The molecule has 3 nitrogen and oxygen atoms in total. The van der Waals surface area contributed by atoms with Gasteiger partial charge in [0.1, 0.15) is 11.8 Å². The van der Waals surface area contributed by atoms with Gasteiger partial charge in [-0.15, -0.1) is 11.8 Å². The van der Waals surface area contributed by atoms with Crippen LogP contribution in [0.25, 0.3) is 0 Å². The molecule has 17 heavy (non-hydrogen) atoms. The summed E-state index contributed by atoms with van der Waals surface area (Å²) in [6.45, 7) is 0. The van der Waals surface area contributed by atoms with Crippen molar-refractivity contribution in [3.8, 4) is 6.07 Å².